The summed E-state index contributed by atoms with van der Waals surface area (Å²) in [7, 11) is 1.91. The largest absolute Gasteiger partial charge is 4.00 e. The summed E-state index contributed by atoms with van der Waals surface area (Å²) in [6.07, 6.45) is 3.58. The molecule has 12 heteroatoms. The average Bonchev–Trinajstić information content (AvgIpc) is 2.95. The number of carbonyl (C=O) groups excluding carboxylic acids is 2. The molecule has 0 amide bonds. The normalized spacial score (nSPS) is 9.36. The Bertz CT molecular complexity index is 628. The number of hydrogen-bond acceptors (Lipinski definition) is 7. The number of rotatable bonds is 2. The van der Waals surface area contributed by atoms with Gasteiger partial charge in [-0.2, -0.15) is 0 Å². The summed E-state index contributed by atoms with van der Waals surface area (Å²) in [5, 5.41) is 25.7. The van der Waals surface area contributed by atoms with Gasteiger partial charge in [-0.05, 0) is 0 Å². The molecule has 0 aliphatic heterocycles. The minimum Gasteiger partial charge on any atom is -1.00 e. The maximum atomic E-state index is 8.93. The van der Waals surface area contributed by atoms with Crippen LogP contribution in [0.4, 0.5) is 0 Å². The molecule has 10 nitrogen and oxygen atoms in total. The van der Waals surface area contributed by atoms with Crippen molar-refractivity contribution in [1.29, 1.82) is 0 Å². The molecule has 2 aromatic rings. The molecule has 0 bridgehead atoms. The molecule has 0 aliphatic rings. The van der Waals surface area contributed by atoms with Gasteiger partial charge < -0.3 is 47.7 Å². The van der Waals surface area contributed by atoms with Crippen LogP contribution in [0.15, 0.2) is 48.1 Å². The van der Waals surface area contributed by atoms with Gasteiger partial charge in [0.2, 0.25) is 0 Å². The zero-order chi connectivity index (χ0) is 17.8. The number of halogens is 1. The predicted octanol–water partition coefficient (Wildman–Crippen LogP) is -3.81. The average molecular weight is 552 g/mol. The first-order valence-corrected chi connectivity index (χ1v) is 5.97. The van der Waals surface area contributed by atoms with Gasteiger partial charge in [0, 0.05) is 19.4 Å². The fourth-order valence-corrected chi connectivity index (χ4v) is 1.45. The number of carboxylic acid groups (broad SMARTS) is 2. The van der Waals surface area contributed by atoms with Crippen molar-refractivity contribution >= 4 is 11.9 Å². The van der Waals surface area contributed by atoms with Crippen LogP contribution < -0.4 is 22.6 Å². The van der Waals surface area contributed by atoms with Crippen LogP contribution in [0.3, 0.4) is 0 Å². The number of carbonyl (C=O) groups is 2. The third kappa shape index (κ3) is 11.0. The summed E-state index contributed by atoms with van der Waals surface area (Å²) in [6, 6.07) is 9.35. The van der Waals surface area contributed by atoms with E-state index in [0.29, 0.717) is 0 Å². The molecule has 0 spiro atoms. The van der Waals surface area contributed by atoms with Crippen molar-refractivity contribution < 1.29 is 58.5 Å². The van der Waals surface area contributed by atoms with Crippen molar-refractivity contribution in [3.8, 4) is 0 Å². The Morgan fingerprint density at radius 2 is 1.68 bits per heavy atom. The number of carboxylic acids is 2. The van der Waals surface area contributed by atoms with E-state index in [0.717, 1.165) is 11.4 Å². The Morgan fingerprint density at radius 1 is 1.24 bits per heavy atom. The summed E-state index contributed by atoms with van der Waals surface area (Å²) >= 11 is 0. The van der Waals surface area contributed by atoms with Crippen LogP contribution in [-0.4, -0.2) is 26.7 Å². The smallest absolute Gasteiger partial charge is 1.00 e. The first-order valence-electron chi connectivity index (χ1n) is 5.97. The molecule has 1 aromatic heterocycles. The molecule has 25 heavy (non-hydrogen) atoms. The van der Waals surface area contributed by atoms with Gasteiger partial charge in [-0.3, -0.25) is 0 Å². The Balaban J connectivity index is -0.000000378. The van der Waals surface area contributed by atoms with E-state index in [1.807, 2.05) is 48.1 Å². The van der Waals surface area contributed by atoms with Crippen LogP contribution in [-0.2, 0) is 37.7 Å². The Hall–Kier alpha value is -2.29. The third-order valence-corrected chi connectivity index (χ3v) is 2.42. The van der Waals surface area contributed by atoms with E-state index in [1.165, 1.54) is 5.34 Å². The van der Waals surface area contributed by atoms with Crippen LogP contribution >= 0.6 is 0 Å². The fourth-order valence-electron chi connectivity index (χ4n) is 1.45. The van der Waals surface area contributed by atoms with Gasteiger partial charge in [-0.1, -0.05) is 41.9 Å². The van der Waals surface area contributed by atoms with Crippen LogP contribution in [0.1, 0.15) is 17.4 Å². The Morgan fingerprint density at radius 3 is 2.00 bits per heavy atom. The molecule has 1 aromatic carbocycles. The second kappa shape index (κ2) is 15.2. The van der Waals surface area contributed by atoms with Gasteiger partial charge in [-0.15, -0.1) is 4.91 Å². The summed E-state index contributed by atoms with van der Waals surface area (Å²) < 4.78 is 1.88. The van der Waals surface area contributed by atoms with Crippen molar-refractivity contribution in [2.75, 3.05) is 0 Å². The number of nitrogens with one attached hydrogen (secondary N) is 1. The third-order valence-electron chi connectivity index (χ3n) is 2.42. The molecule has 1 heterocycles. The fraction of sp³-hybridized carbons (Fsp3) is 0.154. The van der Waals surface area contributed by atoms with Gasteiger partial charge >= 0.3 is 21.1 Å². The molecule has 1 unspecified atom stereocenters. The topological polar surface area (TPSA) is 172 Å². The van der Waals surface area contributed by atoms with Crippen LogP contribution in [0.2, 0.25) is 0 Å². The van der Waals surface area contributed by atoms with Crippen molar-refractivity contribution in [2.24, 2.45) is 12.4 Å². The molecule has 0 radical (unpaired) electrons. The van der Waals surface area contributed by atoms with Crippen molar-refractivity contribution in [2.45, 2.75) is 6.04 Å². The molecule has 1 atom stereocenters. The molecule has 2 N–H and O–H groups in total. The summed E-state index contributed by atoms with van der Waals surface area (Å²) in [6.45, 7) is 0. The molecule has 0 saturated carbocycles. The number of hydrogen-bond donors (Lipinski definition) is 1. The maximum Gasteiger partial charge on any atom is 4.00 e. The number of aromatic nitrogens is 2. The maximum absolute atomic E-state index is 8.93. The van der Waals surface area contributed by atoms with Gasteiger partial charge in [-0.25, -0.2) is 4.98 Å². The van der Waals surface area contributed by atoms with Crippen LogP contribution in [0.25, 0.3) is 5.73 Å². The van der Waals surface area contributed by atoms with Gasteiger partial charge in [0.1, 0.15) is 0 Å². The second-order valence-corrected chi connectivity index (χ2v) is 3.90. The Kier molecular flexibility index (Phi) is 16.8. The van der Waals surface area contributed by atoms with E-state index in [1.54, 1.807) is 6.20 Å². The summed E-state index contributed by atoms with van der Waals surface area (Å²) in [4.78, 5) is 30.1. The molecule has 0 fully saturated rings. The standard InChI is InChI=1S/C11H12N3.C2H2O4.ClH.HNO2.Pt/c1-14-8-7-13-11(14)10(12)9-5-3-2-4-6-9;3-1(4)2(5)6;;2-1-3;/h2-8,10,12H,1H3;(H,3,4)(H,5,6);1H;(H,2,3);/q-1;;;;+4/p-3. The zero-order valence-corrected chi connectivity index (χ0v) is 15.7. The van der Waals surface area contributed by atoms with E-state index in [2.05, 4.69) is 4.98 Å². The van der Waals surface area contributed by atoms with Gasteiger partial charge in [0.05, 0.1) is 17.8 Å². The van der Waals surface area contributed by atoms with Gasteiger partial charge in [0.25, 0.3) is 0 Å². The molecule has 138 valence electrons. The summed E-state index contributed by atoms with van der Waals surface area (Å²) in [5.41, 5.74) is 9.00. The number of aliphatic carboxylic acids is 2. The number of imidazole rings is 1. The van der Waals surface area contributed by atoms with Crippen molar-refractivity contribution in [3.05, 3.63) is 64.8 Å². The monoisotopic (exact) mass is 551 g/mol. The summed E-state index contributed by atoms with van der Waals surface area (Å²) in [5.74, 6) is -3.60. The molecule has 0 aliphatic carbocycles. The molecule has 0 saturated heterocycles. The number of nitrogens with zero attached hydrogens (tertiary/aromatic N) is 3. The van der Waals surface area contributed by atoms with E-state index < -0.39 is 18.0 Å². The molecule has 2 rings (SSSR count). The number of benzene rings is 1. The van der Waals surface area contributed by atoms with E-state index >= 15 is 0 Å². The zero-order valence-electron chi connectivity index (χ0n) is 12.6. The minimum absolute atomic E-state index is 0. The SMILES string of the molecule is Cn1ccnc1C([NH-])c1ccccc1.O=C([O-])C(=O)[O-].O=NO.[Cl-].[Pt+4]. The van der Waals surface area contributed by atoms with E-state index in [4.69, 9.17) is 35.7 Å². The van der Waals surface area contributed by atoms with Crippen molar-refractivity contribution in [1.82, 2.24) is 9.55 Å². The molecular weight excluding hydrogens is 539 g/mol. The second-order valence-electron chi connectivity index (χ2n) is 3.90. The quantitative estimate of drug-likeness (QED) is 0.226. The molecular formula is C13H13ClN4O6Pt. The van der Waals surface area contributed by atoms with Crippen LogP contribution in [0, 0.1) is 4.91 Å². The van der Waals surface area contributed by atoms with Crippen molar-refractivity contribution in [3.63, 3.8) is 0 Å². The predicted molar refractivity (Wildman–Crippen MR) is 73.4 cm³/mol. The Labute approximate surface area is 163 Å². The first kappa shape index (κ1) is 27.6. The van der Waals surface area contributed by atoms with E-state index in [9.17, 15) is 0 Å². The first-order chi connectivity index (χ1) is 10.8. The van der Waals surface area contributed by atoms with Crippen LogP contribution in [0.5, 0.6) is 0 Å². The minimum atomic E-state index is -2.19. The number of aryl methyl sites for hydroxylation is 1. The van der Waals surface area contributed by atoms with E-state index in [-0.39, 0.29) is 33.5 Å². The van der Waals surface area contributed by atoms with Gasteiger partial charge in [0.15, 0.2) is 5.34 Å².